The molecule has 0 aliphatic heterocycles. The van der Waals surface area contributed by atoms with Crippen molar-refractivity contribution in [2.75, 3.05) is 25.7 Å². The van der Waals surface area contributed by atoms with Crippen molar-refractivity contribution in [3.05, 3.63) is 24.0 Å². The number of rotatable bonds is 7. The van der Waals surface area contributed by atoms with Crippen LogP contribution >= 0.6 is 23.4 Å². The summed E-state index contributed by atoms with van der Waals surface area (Å²) in [5, 5.41) is 3.53. The fraction of sp³-hybridized carbons (Fsp3) is 0.455. The van der Waals surface area contributed by atoms with Gasteiger partial charge in [-0.05, 0) is 6.42 Å². The van der Waals surface area contributed by atoms with Crippen LogP contribution in [0.3, 0.4) is 0 Å². The van der Waals surface area contributed by atoms with E-state index in [9.17, 15) is 0 Å². The van der Waals surface area contributed by atoms with Crippen molar-refractivity contribution < 1.29 is 0 Å². The average Bonchev–Trinajstić information content (AvgIpc) is 2.37. The Kier molecular flexibility index (Phi) is 10.5. The van der Waals surface area contributed by atoms with Gasteiger partial charge in [0.25, 0.3) is 0 Å². The maximum absolute atomic E-state index is 5.61. The minimum atomic E-state index is 0.585. The van der Waals surface area contributed by atoms with Crippen molar-refractivity contribution in [3.63, 3.8) is 0 Å². The fourth-order valence-corrected chi connectivity index (χ4v) is 2.04. The molecule has 0 aromatic carbocycles. The molecule has 0 bridgehead atoms. The van der Waals surface area contributed by atoms with Crippen molar-refractivity contribution >= 4 is 34.7 Å². The van der Waals surface area contributed by atoms with E-state index in [4.69, 9.17) is 17.4 Å². The van der Waals surface area contributed by atoms with Crippen LogP contribution in [0, 0.1) is 0 Å². The number of hydrazine groups is 1. The van der Waals surface area contributed by atoms with Crippen LogP contribution in [-0.2, 0) is 0 Å². The summed E-state index contributed by atoms with van der Waals surface area (Å²) in [6.45, 7) is 3.89. The molecule has 4 N–H and O–H groups in total. The van der Waals surface area contributed by atoms with E-state index in [1.165, 1.54) is 11.8 Å². The fourth-order valence-electron chi connectivity index (χ4n) is 1.01. The Morgan fingerprint density at radius 1 is 1.56 bits per heavy atom. The lowest BCUT2D eigenvalue weighted by Gasteiger charge is -2.06. The van der Waals surface area contributed by atoms with E-state index in [1.54, 1.807) is 26.5 Å². The van der Waals surface area contributed by atoms with E-state index >= 15 is 0 Å². The summed E-state index contributed by atoms with van der Waals surface area (Å²) in [6.07, 6.45) is 4.35. The smallest absolute Gasteiger partial charge is 0.176 e. The highest BCUT2D eigenvalue weighted by atomic mass is 35.5. The molecule has 0 aromatic rings. The van der Waals surface area contributed by atoms with Gasteiger partial charge in [-0.1, -0.05) is 18.3 Å². The van der Waals surface area contributed by atoms with Crippen molar-refractivity contribution in [2.45, 2.75) is 6.42 Å². The monoisotopic (exact) mass is 289 g/mol. The molecule has 18 heavy (non-hydrogen) atoms. The summed E-state index contributed by atoms with van der Waals surface area (Å²) in [5.41, 5.74) is 3.93. The van der Waals surface area contributed by atoms with Gasteiger partial charge < -0.3 is 10.7 Å². The Labute approximate surface area is 118 Å². The van der Waals surface area contributed by atoms with Crippen molar-refractivity contribution in [1.82, 2.24) is 10.7 Å². The van der Waals surface area contributed by atoms with E-state index in [-0.39, 0.29) is 0 Å². The van der Waals surface area contributed by atoms with Gasteiger partial charge in [0.15, 0.2) is 5.17 Å². The van der Waals surface area contributed by atoms with Gasteiger partial charge in [0.1, 0.15) is 0 Å². The minimum Gasteiger partial charge on any atom is -0.393 e. The first-order valence-corrected chi connectivity index (χ1v) is 6.94. The third-order valence-corrected chi connectivity index (χ3v) is 3.02. The number of nitrogens with one attached hydrogen (secondary N) is 2. The molecule has 0 radical (unpaired) electrons. The number of hydrogen-bond donors (Lipinski definition) is 3. The summed E-state index contributed by atoms with van der Waals surface area (Å²) in [6, 6.07) is 0. The molecule has 0 aliphatic rings. The van der Waals surface area contributed by atoms with Crippen molar-refractivity contribution in [3.8, 4) is 0 Å². The molecule has 0 heterocycles. The molecule has 0 unspecified atom stereocenters. The topological polar surface area (TPSA) is 74.8 Å². The van der Waals surface area contributed by atoms with Crippen molar-refractivity contribution in [2.24, 2.45) is 15.8 Å². The molecule has 102 valence electrons. The van der Waals surface area contributed by atoms with E-state index in [0.717, 1.165) is 17.7 Å². The highest BCUT2D eigenvalue weighted by Gasteiger charge is 2.02. The van der Waals surface area contributed by atoms with Crippen LogP contribution in [0.1, 0.15) is 6.42 Å². The Morgan fingerprint density at radius 3 is 2.78 bits per heavy atom. The van der Waals surface area contributed by atoms with E-state index in [1.807, 2.05) is 0 Å². The SMILES string of the molecule is C=C(N=C(NN)SCCCCl)/C(C=NC)=C/NC. The number of hydrogen-bond acceptors (Lipinski definition) is 5. The average molecular weight is 290 g/mol. The Bertz CT molecular complexity index is 338. The highest BCUT2D eigenvalue weighted by molar-refractivity contribution is 8.13. The van der Waals surface area contributed by atoms with E-state index in [0.29, 0.717) is 16.7 Å². The quantitative estimate of drug-likeness (QED) is 0.126. The summed E-state index contributed by atoms with van der Waals surface area (Å²) in [4.78, 5) is 8.26. The predicted molar refractivity (Wildman–Crippen MR) is 83.3 cm³/mol. The first-order chi connectivity index (χ1) is 8.69. The molecule has 0 spiro atoms. The molecule has 0 saturated carbocycles. The van der Waals surface area contributed by atoms with Crippen molar-refractivity contribution in [1.29, 1.82) is 0 Å². The summed E-state index contributed by atoms with van der Waals surface area (Å²) in [7, 11) is 3.50. The molecular weight excluding hydrogens is 270 g/mol. The lowest BCUT2D eigenvalue weighted by molar-refractivity contribution is 1.04. The minimum absolute atomic E-state index is 0.585. The number of amidine groups is 1. The lowest BCUT2D eigenvalue weighted by atomic mass is 10.2. The zero-order chi connectivity index (χ0) is 13.8. The second kappa shape index (κ2) is 11.1. The Balaban J connectivity index is 4.67. The summed E-state index contributed by atoms with van der Waals surface area (Å²) < 4.78 is 0. The first-order valence-electron chi connectivity index (χ1n) is 5.42. The molecule has 0 atom stereocenters. The molecule has 0 saturated heterocycles. The number of nitrogens with two attached hydrogens (primary N) is 1. The maximum atomic E-state index is 5.61. The number of thioether (sulfide) groups is 1. The van der Waals surface area contributed by atoms with Gasteiger partial charge in [0, 0.05) is 43.7 Å². The van der Waals surface area contributed by atoms with Gasteiger partial charge >= 0.3 is 0 Å². The van der Waals surface area contributed by atoms with Crippen LogP contribution in [0.25, 0.3) is 0 Å². The number of allylic oxidation sites excluding steroid dienone is 1. The van der Waals surface area contributed by atoms with E-state index < -0.39 is 0 Å². The van der Waals surface area contributed by atoms with Gasteiger partial charge in [-0.15, -0.1) is 11.6 Å². The molecule has 0 aliphatic carbocycles. The first kappa shape index (κ1) is 17.0. The molecular formula is C11H20ClN5S. The number of aliphatic imine (C=N–C) groups is 2. The standard InChI is InChI=1S/C11H20ClN5S/c1-9(10(7-14-2)8-15-3)16-11(17-13)18-6-4-5-12/h7-8,14H,1,4-6,13H2,2-3H3,(H,16,17)/b10-7+,15-8?. The zero-order valence-electron chi connectivity index (χ0n) is 10.7. The molecule has 0 rings (SSSR count). The lowest BCUT2D eigenvalue weighted by Crippen LogP contribution is -2.28. The maximum Gasteiger partial charge on any atom is 0.176 e. The largest absolute Gasteiger partial charge is 0.393 e. The van der Waals surface area contributed by atoms with Crippen LogP contribution < -0.4 is 16.6 Å². The molecule has 0 aromatic heterocycles. The van der Waals surface area contributed by atoms with Crippen LogP contribution in [0.5, 0.6) is 0 Å². The Hall–Kier alpha value is -0.980. The normalized spacial score (nSPS) is 12.9. The number of halogens is 1. The summed E-state index contributed by atoms with van der Waals surface area (Å²) in [5.74, 6) is 6.89. The molecule has 0 amide bonds. The van der Waals surface area contributed by atoms with Crippen LogP contribution in [-0.4, -0.2) is 37.1 Å². The number of alkyl halides is 1. The van der Waals surface area contributed by atoms with Crippen LogP contribution in [0.2, 0.25) is 0 Å². The highest BCUT2D eigenvalue weighted by Crippen LogP contribution is 2.11. The van der Waals surface area contributed by atoms with Gasteiger partial charge in [-0.3, -0.25) is 4.99 Å². The molecule has 7 heteroatoms. The van der Waals surface area contributed by atoms with Crippen LogP contribution in [0.4, 0.5) is 0 Å². The summed E-state index contributed by atoms with van der Waals surface area (Å²) >= 11 is 7.11. The van der Waals surface area contributed by atoms with Gasteiger partial charge in [-0.25, -0.2) is 10.8 Å². The zero-order valence-corrected chi connectivity index (χ0v) is 12.3. The van der Waals surface area contributed by atoms with Gasteiger partial charge in [0.2, 0.25) is 0 Å². The Morgan fingerprint density at radius 2 is 2.28 bits per heavy atom. The predicted octanol–water partition coefficient (Wildman–Crippen LogP) is 1.49. The molecule has 5 nitrogen and oxygen atoms in total. The van der Waals surface area contributed by atoms with Gasteiger partial charge in [-0.2, -0.15) is 0 Å². The van der Waals surface area contributed by atoms with Crippen LogP contribution in [0.15, 0.2) is 34.0 Å². The second-order valence-electron chi connectivity index (χ2n) is 3.17. The second-order valence-corrected chi connectivity index (χ2v) is 4.64. The number of nitrogens with zero attached hydrogens (tertiary/aromatic N) is 2. The molecule has 0 fully saturated rings. The third-order valence-electron chi connectivity index (χ3n) is 1.78. The van der Waals surface area contributed by atoms with Gasteiger partial charge in [0.05, 0.1) is 5.70 Å². The van der Waals surface area contributed by atoms with E-state index in [2.05, 4.69) is 27.3 Å². The third kappa shape index (κ3) is 7.37.